The predicted molar refractivity (Wildman–Crippen MR) is 102 cm³/mol. The average Bonchev–Trinajstić information content (AvgIpc) is 3.16. The second-order valence-corrected chi connectivity index (χ2v) is 6.83. The van der Waals surface area contributed by atoms with E-state index >= 15 is 0 Å². The van der Waals surface area contributed by atoms with Crippen LogP contribution in [0.4, 0.5) is 4.39 Å². The number of aromatic nitrogens is 2. The summed E-state index contributed by atoms with van der Waals surface area (Å²) in [6.07, 6.45) is 5.44. The van der Waals surface area contributed by atoms with Crippen LogP contribution in [-0.2, 0) is 6.42 Å². The summed E-state index contributed by atoms with van der Waals surface area (Å²) in [5.41, 5.74) is 5.79. The molecule has 132 valence electrons. The van der Waals surface area contributed by atoms with E-state index in [1.807, 2.05) is 31.2 Å². The predicted octanol–water partition coefficient (Wildman–Crippen LogP) is 5.30. The summed E-state index contributed by atoms with van der Waals surface area (Å²) < 4.78 is 15.3. The van der Waals surface area contributed by atoms with Crippen LogP contribution in [-0.4, -0.2) is 15.5 Å². The number of hydrogen-bond acceptors (Lipinski definition) is 2. The molecular formula is C22H21FN2O. The maximum absolute atomic E-state index is 13.5. The average molecular weight is 348 g/mol. The summed E-state index contributed by atoms with van der Waals surface area (Å²) in [6.45, 7) is 4.07. The number of carbonyl (C=O) groups is 1. The molecule has 4 heteroatoms. The fourth-order valence-corrected chi connectivity index (χ4v) is 3.68. The lowest BCUT2D eigenvalue weighted by molar-refractivity contribution is 0.0928. The Bertz CT molecular complexity index is 1050. The van der Waals surface area contributed by atoms with Crippen molar-refractivity contribution < 1.29 is 9.18 Å². The van der Waals surface area contributed by atoms with E-state index in [0.717, 1.165) is 52.0 Å². The van der Waals surface area contributed by atoms with Gasteiger partial charge in [-0.3, -0.25) is 9.36 Å². The lowest BCUT2D eigenvalue weighted by Crippen LogP contribution is -2.03. The highest BCUT2D eigenvalue weighted by atomic mass is 19.1. The fourth-order valence-electron chi connectivity index (χ4n) is 3.68. The Kier molecular flexibility index (Phi) is 4.19. The van der Waals surface area contributed by atoms with E-state index < -0.39 is 0 Å². The summed E-state index contributed by atoms with van der Waals surface area (Å²) >= 11 is 0. The van der Waals surface area contributed by atoms with Crippen LogP contribution in [0.5, 0.6) is 0 Å². The number of nitrogens with zero attached hydrogens (tertiary/aromatic N) is 2. The van der Waals surface area contributed by atoms with Gasteiger partial charge in [0.2, 0.25) is 5.91 Å². The lowest BCUT2D eigenvalue weighted by atomic mass is 9.93. The molecule has 3 aromatic rings. The number of benzene rings is 2. The van der Waals surface area contributed by atoms with Gasteiger partial charge in [-0.05, 0) is 59.9 Å². The highest BCUT2D eigenvalue weighted by Gasteiger charge is 2.23. The van der Waals surface area contributed by atoms with Crippen LogP contribution in [0.1, 0.15) is 53.5 Å². The molecule has 26 heavy (non-hydrogen) atoms. The Morgan fingerprint density at radius 3 is 2.85 bits per heavy atom. The molecule has 2 heterocycles. The molecule has 0 saturated heterocycles. The molecule has 1 aromatic heterocycles. The first kappa shape index (κ1) is 16.7. The van der Waals surface area contributed by atoms with E-state index in [1.54, 1.807) is 10.6 Å². The van der Waals surface area contributed by atoms with Crippen molar-refractivity contribution in [2.24, 2.45) is 0 Å². The number of halogens is 1. The van der Waals surface area contributed by atoms with Crippen molar-refractivity contribution in [2.45, 2.75) is 39.5 Å². The van der Waals surface area contributed by atoms with Gasteiger partial charge in [0.15, 0.2) is 0 Å². The summed E-state index contributed by atoms with van der Waals surface area (Å²) in [7, 11) is 0. The lowest BCUT2D eigenvalue weighted by Gasteiger charge is -2.12. The quantitative estimate of drug-likeness (QED) is 0.641. The molecule has 0 saturated carbocycles. The highest BCUT2D eigenvalue weighted by Crippen LogP contribution is 2.31. The molecular weight excluding hydrogens is 327 g/mol. The topological polar surface area (TPSA) is 34.9 Å². The summed E-state index contributed by atoms with van der Waals surface area (Å²) in [5, 5.41) is 0. The molecule has 2 aromatic carbocycles. The van der Waals surface area contributed by atoms with Gasteiger partial charge in [0.05, 0.1) is 11.0 Å². The van der Waals surface area contributed by atoms with Crippen LogP contribution in [0.2, 0.25) is 0 Å². The number of aryl methyl sites for hydroxylation is 2. The molecule has 0 unspecified atom stereocenters. The van der Waals surface area contributed by atoms with Crippen molar-refractivity contribution in [3.05, 3.63) is 70.8 Å². The van der Waals surface area contributed by atoms with Crippen LogP contribution in [0, 0.1) is 12.7 Å². The maximum atomic E-state index is 13.5. The van der Waals surface area contributed by atoms with E-state index in [4.69, 9.17) is 0 Å². The number of unbranched alkanes of at least 4 members (excludes halogenated alkanes) is 1. The Morgan fingerprint density at radius 1 is 1.23 bits per heavy atom. The van der Waals surface area contributed by atoms with Crippen molar-refractivity contribution in [1.82, 2.24) is 9.55 Å². The first-order valence-electron chi connectivity index (χ1n) is 9.10. The number of imidazole rings is 1. The summed E-state index contributed by atoms with van der Waals surface area (Å²) in [6, 6.07) is 11.0. The van der Waals surface area contributed by atoms with Crippen molar-refractivity contribution in [3.63, 3.8) is 0 Å². The zero-order chi connectivity index (χ0) is 18.3. The third-order valence-electron chi connectivity index (χ3n) is 4.96. The standard InChI is InChI=1S/C22H21FN2O/c1-3-4-5-18(17-8-7-16(23)12-14(17)2)15-6-9-20-19(13-15)24-21-10-11-22(26)25(20)21/h5-9,12-13H,3-4,10-11H2,1-2H3/b18-5-. The van der Waals surface area contributed by atoms with Crippen molar-refractivity contribution in [1.29, 1.82) is 0 Å². The van der Waals surface area contributed by atoms with Gasteiger partial charge in [-0.1, -0.05) is 31.6 Å². The van der Waals surface area contributed by atoms with E-state index in [-0.39, 0.29) is 11.7 Å². The smallest absolute Gasteiger partial charge is 0.233 e. The molecule has 1 aliphatic heterocycles. The van der Waals surface area contributed by atoms with Crippen LogP contribution in [0.3, 0.4) is 0 Å². The van der Waals surface area contributed by atoms with Crippen molar-refractivity contribution in [2.75, 3.05) is 0 Å². The zero-order valence-corrected chi connectivity index (χ0v) is 15.1. The molecule has 0 aliphatic carbocycles. The first-order chi connectivity index (χ1) is 12.6. The van der Waals surface area contributed by atoms with E-state index in [9.17, 15) is 9.18 Å². The van der Waals surface area contributed by atoms with Gasteiger partial charge in [-0.15, -0.1) is 0 Å². The monoisotopic (exact) mass is 348 g/mol. The third-order valence-corrected chi connectivity index (χ3v) is 4.96. The van der Waals surface area contributed by atoms with Gasteiger partial charge in [-0.2, -0.15) is 0 Å². The number of fused-ring (bicyclic) bond motifs is 3. The molecule has 4 rings (SSSR count). The van der Waals surface area contributed by atoms with Crippen LogP contribution < -0.4 is 0 Å². The molecule has 1 aliphatic rings. The third kappa shape index (κ3) is 2.75. The van der Waals surface area contributed by atoms with Gasteiger partial charge in [0.25, 0.3) is 0 Å². The van der Waals surface area contributed by atoms with E-state index in [2.05, 4.69) is 18.0 Å². The summed E-state index contributed by atoms with van der Waals surface area (Å²) in [4.78, 5) is 16.7. The number of carbonyl (C=O) groups excluding carboxylic acids is 1. The Hall–Kier alpha value is -2.75. The van der Waals surface area contributed by atoms with E-state index in [0.29, 0.717) is 12.8 Å². The number of allylic oxidation sites excluding steroid dienone is 1. The Balaban J connectivity index is 1.85. The molecule has 0 atom stereocenters. The van der Waals surface area contributed by atoms with Gasteiger partial charge >= 0.3 is 0 Å². The molecule has 0 radical (unpaired) electrons. The van der Waals surface area contributed by atoms with Crippen molar-refractivity contribution in [3.8, 4) is 0 Å². The number of rotatable bonds is 4. The fraction of sp³-hybridized carbons (Fsp3) is 0.273. The Labute approximate surface area is 152 Å². The molecule has 0 amide bonds. The maximum Gasteiger partial charge on any atom is 0.233 e. The molecule has 3 nitrogen and oxygen atoms in total. The largest absolute Gasteiger partial charge is 0.274 e. The first-order valence-corrected chi connectivity index (χ1v) is 9.10. The minimum Gasteiger partial charge on any atom is -0.274 e. The highest BCUT2D eigenvalue weighted by molar-refractivity contribution is 5.95. The molecule has 0 bridgehead atoms. The van der Waals surface area contributed by atoms with Crippen LogP contribution in [0.25, 0.3) is 16.6 Å². The van der Waals surface area contributed by atoms with Gasteiger partial charge in [0, 0.05) is 12.8 Å². The van der Waals surface area contributed by atoms with Crippen LogP contribution >= 0.6 is 0 Å². The number of hydrogen-bond donors (Lipinski definition) is 0. The van der Waals surface area contributed by atoms with Gasteiger partial charge < -0.3 is 0 Å². The van der Waals surface area contributed by atoms with Gasteiger partial charge in [0.1, 0.15) is 11.6 Å². The SMILES string of the molecule is CCC/C=C(/c1ccc2c(c1)nc1n2C(=O)CC1)c1ccc(F)cc1C. The van der Waals surface area contributed by atoms with Crippen LogP contribution in [0.15, 0.2) is 42.5 Å². The molecule has 0 spiro atoms. The molecule has 0 fully saturated rings. The normalized spacial score (nSPS) is 14.3. The van der Waals surface area contributed by atoms with Crippen molar-refractivity contribution >= 4 is 22.5 Å². The summed E-state index contributed by atoms with van der Waals surface area (Å²) in [5.74, 6) is 0.742. The second kappa shape index (κ2) is 6.52. The molecule has 0 N–H and O–H groups in total. The minimum atomic E-state index is -0.222. The Morgan fingerprint density at radius 2 is 2.08 bits per heavy atom. The van der Waals surface area contributed by atoms with E-state index in [1.165, 1.54) is 6.07 Å². The second-order valence-electron chi connectivity index (χ2n) is 6.83. The zero-order valence-electron chi connectivity index (χ0n) is 15.1. The van der Waals surface area contributed by atoms with Gasteiger partial charge in [-0.25, -0.2) is 9.37 Å². The minimum absolute atomic E-state index is 0.117.